The molecule has 2 saturated heterocycles. The molecule has 1 amide bonds. The Labute approximate surface area is 98.8 Å². The average molecular weight is 224 g/mol. The SMILES string of the molecule is CC(C)C1CC2CC(C1)N2C(=O)CN(C)C. The molecule has 2 bridgehead atoms. The molecule has 2 heterocycles. The molecule has 3 rings (SSSR count). The summed E-state index contributed by atoms with van der Waals surface area (Å²) in [5.74, 6) is 1.94. The van der Waals surface area contributed by atoms with Crippen LogP contribution in [0.2, 0.25) is 0 Å². The number of rotatable bonds is 3. The van der Waals surface area contributed by atoms with Crippen LogP contribution in [0.1, 0.15) is 33.1 Å². The van der Waals surface area contributed by atoms with Crippen LogP contribution in [0.15, 0.2) is 0 Å². The molecule has 2 atom stereocenters. The largest absolute Gasteiger partial charge is 0.335 e. The van der Waals surface area contributed by atoms with E-state index in [2.05, 4.69) is 18.7 Å². The summed E-state index contributed by atoms with van der Waals surface area (Å²) in [5, 5.41) is 0. The summed E-state index contributed by atoms with van der Waals surface area (Å²) in [6, 6.07) is 1.11. The molecule has 0 spiro atoms. The Balaban J connectivity index is 1.91. The second-order valence-corrected chi connectivity index (χ2v) is 6.06. The van der Waals surface area contributed by atoms with Crippen LogP contribution in [0.25, 0.3) is 0 Å². The third-order valence-corrected chi connectivity index (χ3v) is 4.16. The van der Waals surface area contributed by atoms with Crippen molar-refractivity contribution >= 4 is 5.91 Å². The van der Waals surface area contributed by atoms with Gasteiger partial charge < -0.3 is 9.80 Å². The van der Waals surface area contributed by atoms with Crippen molar-refractivity contribution in [1.82, 2.24) is 9.80 Å². The second kappa shape index (κ2) is 4.36. The Morgan fingerprint density at radius 3 is 2.25 bits per heavy atom. The van der Waals surface area contributed by atoms with Gasteiger partial charge in [-0.2, -0.15) is 0 Å². The molecule has 3 nitrogen and oxygen atoms in total. The van der Waals surface area contributed by atoms with Crippen LogP contribution in [0.5, 0.6) is 0 Å². The predicted octanol–water partition coefficient (Wildman–Crippen LogP) is 1.58. The zero-order valence-corrected chi connectivity index (χ0v) is 10.9. The molecular formula is C13H24N2O. The Morgan fingerprint density at radius 2 is 1.81 bits per heavy atom. The molecule has 3 fully saturated rings. The molecule has 3 aliphatic rings. The van der Waals surface area contributed by atoms with Crippen LogP contribution in [0, 0.1) is 11.8 Å². The fourth-order valence-electron chi connectivity index (χ4n) is 3.22. The van der Waals surface area contributed by atoms with Crippen LogP contribution in [0.3, 0.4) is 0 Å². The third kappa shape index (κ3) is 2.10. The van der Waals surface area contributed by atoms with Crippen molar-refractivity contribution in [2.45, 2.75) is 45.2 Å². The highest BCUT2D eigenvalue weighted by atomic mass is 16.2. The van der Waals surface area contributed by atoms with E-state index in [0.717, 1.165) is 11.8 Å². The summed E-state index contributed by atoms with van der Waals surface area (Å²) >= 11 is 0. The number of hydrogen-bond donors (Lipinski definition) is 0. The second-order valence-electron chi connectivity index (χ2n) is 6.06. The van der Waals surface area contributed by atoms with E-state index >= 15 is 0 Å². The summed E-state index contributed by atoms with van der Waals surface area (Å²) in [4.78, 5) is 16.1. The van der Waals surface area contributed by atoms with Gasteiger partial charge in [-0.1, -0.05) is 13.8 Å². The minimum atomic E-state index is 0.327. The lowest BCUT2D eigenvalue weighted by atomic mass is 9.70. The molecule has 0 aromatic heterocycles. The maximum atomic E-state index is 12.0. The number of amides is 1. The maximum Gasteiger partial charge on any atom is 0.237 e. The number of carbonyl (C=O) groups is 1. The Morgan fingerprint density at radius 1 is 1.25 bits per heavy atom. The van der Waals surface area contributed by atoms with E-state index in [1.165, 1.54) is 19.3 Å². The molecule has 0 aromatic carbocycles. The van der Waals surface area contributed by atoms with E-state index < -0.39 is 0 Å². The van der Waals surface area contributed by atoms with Gasteiger partial charge in [0.2, 0.25) is 5.91 Å². The van der Waals surface area contributed by atoms with Crippen LogP contribution >= 0.6 is 0 Å². The lowest BCUT2D eigenvalue weighted by Crippen LogP contribution is -2.64. The van der Waals surface area contributed by atoms with Gasteiger partial charge in [0.1, 0.15) is 0 Å². The van der Waals surface area contributed by atoms with Crippen molar-refractivity contribution in [2.75, 3.05) is 20.6 Å². The van der Waals surface area contributed by atoms with Gasteiger partial charge in [0.25, 0.3) is 0 Å². The molecule has 16 heavy (non-hydrogen) atoms. The maximum absolute atomic E-state index is 12.0. The molecule has 2 unspecified atom stereocenters. The first-order valence-corrected chi connectivity index (χ1v) is 6.45. The molecule has 0 radical (unpaired) electrons. The molecule has 2 aliphatic heterocycles. The number of fused-ring (bicyclic) bond motifs is 2. The van der Waals surface area contributed by atoms with E-state index in [1.807, 2.05) is 19.0 Å². The smallest absolute Gasteiger partial charge is 0.237 e. The highest BCUT2D eigenvalue weighted by Gasteiger charge is 2.47. The topological polar surface area (TPSA) is 23.6 Å². The molecule has 1 aliphatic carbocycles. The van der Waals surface area contributed by atoms with Crippen molar-refractivity contribution in [1.29, 1.82) is 0 Å². The minimum Gasteiger partial charge on any atom is -0.335 e. The lowest BCUT2D eigenvalue weighted by Gasteiger charge is -2.56. The van der Waals surface area contributed by atoms with Crippen LogP contribution in [-0.2, 0) is 4.79 Å². The first-order valence-electron chi connectivity index (χ1n) is 6.45. The Kier molecular flexibility index (Phi) is 3.24. The monoisotopic (exact) mass is 224 g/mol. The molecule has 0 N–H and O–H groups in total. The summed E-state index contributed by atoms with van der Waals surface area (Å²) < 4.78 is 0. The van der Waals surface area contributed by atoms with Gasteiger partial charge in [0.05, 0.1) is 6.54 Å². The van der Waals surface area contributed by atoms with Crippen molar-refractivity contribution in [3.8, 4) is 0 Å². The van der Waals surface area contributed by atoms with Crippen molar-refractivity contribution in [3.05, 3.63) is 0 Å². The summed E-state index contributed by atoms with van der Waals surface area (Å²) in [6.07, 6.45) is 3.71. The van der Waals surface area contributed by atoms with Crippen LogP contribution in [-0.4, -0.2) is 48.4 Å². The molecule has 0 aromatic rings. The Hall–Kier alpha value is -0.570. The number of likely N-dealkylation sites (N-methyl/N-ethyl adjacent to an activating group) is 1. The van der Waals surface area contributed by atoms with Crippen molar-refractivity contribution in [2.24, 2.45) is 11.8 Å². The van der Waals surface area contributed by atoms with E-state index in [9.17, 15) is 4.79 Å². The van der Waals surface area contributed by atoms with Gasteiger partial charge in [0, 0.05) is 12.1 Å². The fraction of sp³-hybridized carbons (Fsp3) is 0.923. The van der Waals surface area contributed by atoms with E-state index in [-0.39, 0.29) is 0 Å². The number of hydrogen-bond acceptors (Lipinski definition) is 2. The summed E-state index contributed by atoms with van der Waals surface area (Å²) in [5.41, 5.74) is 0. The van der Waals surface area contributed by atoms with Gasteiger partial charge in [-0.05, 0) is 45.2 Å². The quantitative estimate of drug-likeness (QED) is 0.726. The van der Waals surface area contributed by atoms with Crippen molar-refractivity contribution in [3.63, 3.8) is 0 Å². The standard InChI is InChI=1S/C13H24N2O/c1-9(2)10-5-11-7-12(6-10)15(11)13(16)8-14(3)4/h9-12H,5-8H2,1-4H3. The number of piperidine rings is 1. The van der Waals surface area contributed by atoms with Crippen LogP contribution in [0.4, 0.5) is 0 Å². The number of carbonyl (C=O) groups excluding carboxylic acids is 1. The number of nitrogens with zero attached hydrogens (tertiary/aromatic N) is 2. The first-order chi connectivity index (χ1) is 7.49. The van der Waals surface area contributed by atoms with E-state index in [0.29, 0.717) is 24.5 Å². The summed E-state index contributed by atoms with van der Waals surface area (Å²) in [6.45, 7) is 5.18. The molecule has 3 heteroatoms. The molecular weight excluding hydrogens is 200 g/mol. The van der Waals surface area contributed by atoms with Gasteiger partial charge in [-0.3, -0.25) is 4.79 Å². The predicted molar refractivity (Wildman–Crippen MR) is 65.2 cm³/mol. The highest BCUT2D eigenvalue weighted by Crippen LogP contribution is 2.43. The third-order valence-electron chi connectivity index (χ3n) is 4.16. The van der Waals surface area contributed by atoms with E-state index in [1.54, 1.807) is 0 Å². The normalized spacial score (nSPS) is 33.1. The van der Waals surface area contributed by atoms with Crippen molar-refractivity contribution < 1.29 is 4.79 Å². The lowest BCUT2D eigenvalue weighted by molar-refractivity contribution is -0.153. The van der Waals surface area contributed by atoms with Gasteiger partial charge >= 0.3 is 0 Å². The van der Waals surface area contributed by atoms with Gasteiger partial charge in [0.15, 0.2) is 0 Å². The fourth-order valence-corrected chi connectivity index (χ4v) is 3.22. The van der Waals surface area contributed by atoms with Gasteiger partial charge in [-0.15, -0.1) is 0 Å². The summed E-state index contributed by atoms with van der Waals surface area (Å²) in [7, 11) is 3.93. The zero-order valence-electron chi connectivity index (χ0n) is 10.9. The van der Waals surface area contributed by atoms with Gasteiger partial charge in [-0.25, -0.2) is 0 Å². The molecule has 92 valence electrons. The average Bonchev–Trinajstić information content (AvgIpc) is 2.16. The zero-order chi connectivity index (χ0) is 11.9. The minimum absolute atomic E-state index is 0.327. The Bertz CT molecular complexity index is 263. The molecule has 1 saturated carbocycles. The first kappa shape index (κ1) is 11.9. The highest BCUT2D eigenvalue weighted by molar-refractivity contribution is 5.80. The van der Waals surface area contributed by atoms with E-state index in [4.69, 9.17) is 0 Å². The van der Waals surface area contributed by atoms with Crippen LogP contribution < -0.4 is 0 Å².